The van der Waals surface area contributed by atoms with E-state index in [1.54, 1.807) is 0 Å². The Labute approximate surface area is 157 Å². The van der Waals surface area contributed by atoms with Gasteiger partial charge < -0.3 is 25.2 Å². The van der Waals surface area contributed by atoms with Gasteiger partial charge in [-0.2, -0.15) is 13.2 Å². The van der Waals surface area contributed by atoms with E-state index < -0.39 is 35.7 Å². The molecular formula is C18H15F3N2O5. The molecule has 3 N–H and O–H groups in total. The summed E-state index contributed by atoms with van der Waals surface area (Å²) in [5, 5.41) is 14.2. The number of amides is 2. The molecule has 0 saturated heterocycles. The number of ether oxygens (including phenoxy) is 2. The van der Waals surface area contributed by atoms with Crippen LogP contribution in [0.3, 0.4) is 0 Å². The van der Waals surface area contributed by atoms with Crippen LogP contribution in [0.1, 0.15) is 5.56 Å². The molecule has 2 amide bonds. The predicted molar refractivity (Wildman–Crippen MR) is 90.6 cm³/mol. The van der Waals surface area contributed by atoms with Crippen LogP contribution in [0.25, 0.3) is 0 Å². The SMILES string of the molecule is O=C(NCC(O)(c1ccccc1)C(F)(F)F)C(=O)Nc1ccc2c(c1)OCO2. The monoisotopic (exact) mass is 396 g/mol. The highest BCUT2D eigenvalue weighted by molar-refractivity contribution is 6.39. The normalized spacial score (nSPS) is 14.9. The molecule has 2 aromatic carbocycles. The third kappa shape index (κ3) is 3.86. The number of anilines is 1. The van der Waals surface area contributed by atoms with Crippen LogP contribution in [0, 0.1) is 0 Å². The van der Waals surface area contributed by atoms with Gasteiger partial charge in [-0.15, -0.1) is 0 Å². The number of aliphatic hydroxyl groups is 1. The van der Waals surface area contributed by atoms with E-state index in [-0.39, 0.29) is 12.5 Å². The van der Waals surface area contributed by atoms with Gasteiger partial charge in [0.05, 0.1) is 6.54 Å². The van der Waals surface area contributed by atoms with Crippen molar-refractivity contribution in [3.8, 4) is 11.5 Å². The van der Waals surface area contributed by atoms with Crippen LogP contribution in [-0.2, 0) is 15.2 Å². The average molecular weight is 396 g/mol. The minimum absolute atomic E-state index is 0.0166. The van der Waals surface area contributed by atoms with E-state index in [1.165, 1.54) is 36.4 Å². The summed E-state index contributed by atoms with van der Waals surface area (Å²) in [4.78, 5) is 23.9. The van der Waals surface area contributed by atoms with Crippen molar-refractivity contribution in [1.82, 2.24) is 5.32 Å². The van der Waals surface area contributed by atoms with Gasteiger partial charge in [-0.05, 0) is 17.7 Å². The van der Waals surface area contributed by atoms with Crippen molar-refractivity contribution in [2.75, 3.05) is 18.7 Å². The zero-order chi connectivity index (χ0) is 20.4. The molecule has 1 atom stereocenters. The lowest BCUT2D eigenvalue weighted by Gasteiger charge is -2.31. The van der Waals surface area contributed by atoms with Crippen molar-refractivity contribution < 1.29 is 37.3 Å². The number of hydrogen-bond donors (Lipinski definition) is 3. The summed E-state index contributed by atoms with van der Waals surface area (Å²) in [7, 11) is 0. The highest BCUT2D eigenvalue weighted by Gasteiger charge is 2.55. The first-order chi connectivity index (χ1) is 13.2. The molecular weight excluding hydrogens is 381 g/mol. The van der Waals surface area contributed by atoms with Gasteiger partial charge in [-0.25, -0.2) is 0 Å². The fraction of sp³-hybridized carbons (Fsp3) is 0.222. The molecule has 0 saturated carbocycles. The molecule has 1 unspecified atom stereocenters. The Balaban J connectivity index is 1.67. The summed E-state index contributed by atoms with van der Waals surface area (Å²) in [6.45, 7) is -1.21. The smallest absolute Gasteiger partial charge is 0.423 e. The van der Waals surface area contributed by atoms with Gasteiger partial charge in [0.25, 0.3) is 0 Å². The van der Waals surface area contributed by atoms with Crippen molar-refractivity contribution in [2.24, 2.45) is 0 Å². The fourth-order valence-corrected chi connectivity index (χ4v) is 2.53. The summed E-state index contributed by atoms with van der Waals surface area (Å²) in [6, 6.07) is 10.6. The van der Waals surface area contributed by atoms with Crippen molar-refractivity contribution in [1.29, 1.82) is 0 Å². The first-order valence-electron chi connectivity index (χ1n) is 8.04. The first kappa shape index (κ1) is 19.5. The van der Waals surface area contributed by atoms with Crippen molar-refractivity contribution in [2.45, 2.75) is 11.8 Å². The minimum atomic E-state index is -5.07. The molecule has 2 aromatic rings. The van der Waals surface area contributed by atoms with Gasteiger partial charge >= 0.3 is 18.0 Å². The number of carbonyl (C=O) groups excluding carboxylic acids is 2. The van der Waals surface area contributed by atoms with Gasteiger partial charge in [-0.1, -0.05) is 30.3 Å². The van der Waals surface area contributed by atoms with E-state index in [9.17, 15) is 27.9 Å². The molecule has 7 nitrogen and oxygen atoms in total. The number of alkyl halides is 3. The Kier molecular flexibility index (Phi) is 5.14. The van der Waals surface area contributed by atoms with Gasteiger partial charge in [0, 0.05) is 11.8 Å². The number of carbonyl (C=O) groups is 2. The van der Waals surface area contributed by atoms with Gasteiger partial charge in [0.2, 0.25) is 12.4 Å². The zero-order valence-electron chi connectivity index (χ0n) is 14.2. The summed E-state index contributed by atoms with van der Waals surface area (Å²) < 4.78 is 50.4. The largest absolute Gasteiger partial charge is 0.454 e. The lowest BCUT2D eigenvalue weighted by Crippen LogP contribution is -2.52. The van der Waals surface area contributed by atoms with Crippen LogP contribution in [-0.4, -0.2) is 36.4 Å². The lowest BCUT2D eigenvalue weighted by atomic mass is 9.93. The minimum Gasteiger partial charge on any atom is -0.454 e. The number of fused-ring (bicyclic) bond motifs is 1. The van der Waals surface area contributed by atoms with Crippen LogP contribution in [0.15, 0.2) is 48.5 Å². The molecule has 0 aromatic heterocycles. The van der Waals surface area contributed by atoms with Crippen LogP contribution in [0.4, 0.5) is 18.9 Å². The van der Waals surface area contributed by atoms with E-state index in [2.05, 4.69) is 5.32 Å². The number of benzene rings is 2. The molecule has 0 radical (unpaired) electrons. The number of hydrogen-bond acceptors (Lipinski definition) is 5. The third-order valence-corrected chi connectivity index (χ3v) is 4.06. The molecule has 0 spiro atoms. The van der Waals surface area contributed by atoms with Gasteiger partial charge in [0.1, 0.15) is 0 Å². The highest BCUT2D eigenvalue weighted by Crippen LogP contribution is 2.38. The van der Waals surface area contributed by atoms with E-state index in [0.29, 0.717) is 11.5 Å². The Bertz CT molecular complexity index is 889. The molecule has 1 aliphatic rings. The van der Waals surface area contributed by atoms with Crippen LogP contribution >= 0.6 is 0 Å². The second-order valence-electron chi connectivity index (χ2n) is 5.93. The molecule has 0 aliphatic carbocycles. The van der Waals surface area contributed by atoms with Crippen molar-refractivity contribution >= 4 is 17.5 Å². The Morgan fingerprint density at radius 3 is 2.36 bits per heavy atom. The fourth-order valence-electron chi connectivity index (χ4n) is 2.53. The van der Waals surface area contributed by atoms with Gasteiger partial charge in [0.15, 0.2) is 11.5 Å². The maximum absolute atomic E-state index is 13.4. The Hall–Kier alpha value is -3.27. The second-order valence-corrected chi connectivity index (χ2v) is 5.93. The predicted octanol–water partition coefficient (Wildman–Crippen LogP) is 1.92. The Morgan fingerprint density at radius 2 is 1.68 bits per heavy atom. The van der Waals surface area contributed by atoms with E-state index in [4.69, 9.17) is 9.47 Å². The number of nitrogens with one attached hydrogen (secondary N) is 2. The summed E-state index contributed by atoms with van der Waals surface area (Å²) >= 11 is 0. The Morgan fingerprint density at radius 1 is 1.00 bits per heavy atom. The maximum atomic E-state index is 13.4. The number of halogens is 3. The molecule has 1 heterocycles. The summed E-state index contributed by atoms with van der Waals surface area (Å²) in [5.74, 6) is -1.72. The van der Waals surface area contributed by atoms with Crippen molar-refractivity contribution in [3.05, 3.63) is 54.1 Å². The molecule has 10 heteroatoms. The molecule has 28 heavy (non-hydrogen) atoms. The molecule has 0 bridgehead atoms. The topological polar surface area (TPSA) is 96.9 Å². The molecule has 3 rings (SSSR count). The van der Waals surface area contributed by atoms with Crippen LogP contribution in [0.2, 0.25) is 0 Å². The van der Waals surface area contributed by atoms with E-state index >= 15 is 0 Å². The number of rotatable bonds is 4. The first-order valence-corrected chi connectivity index (χ1v) is 8.04. The molecule has 1 aliphatic heterocycles. The van der Waals surface area contributed by atoms with E-state index in [1.807, 2.05) is 5.32 Å². The van der Waals surface area contributed by atoms with Crippen molar-refractivity contribution in [3.63, 3.8) is 0 Å². The van der Waals surface area contributed by atoms with Gasteiger partial charge in [-0.3, -0.25) is 9.59 Å². The second kappa shape index (κ2) is 7.39. The standard InChI is InChI=1S/C18H15F3N2O5/c19-18(20,21)17(26,11-4-2-1-3-5-11)9-22-15(24)16(25)23-12-6-7-13-14(8-12)28-10-27-13/h1-8,26H,9-10H2,(H,22,24)(H,23,25). The maximum Gasteiger partial charge on any atom is 0.423 e. The molecule has 0 fully saturated rings. The zero-order valence-corrected chi connectivity index (χ0v) is 14.2. The average Bonchev–Trinajstić information content (AvgIpc) is 3.13. The van der Waals surface area contributed by atoms with Crippen LogP contribution in [0.5, 0.6) is 11.5 Å². The van der Waals surface area contributed by atoms with Crippen LogP contribution < -0.4 is 20.1 Å². The summed E-state index contributed by atoms with van der Waals surface area (Å²) in [5.41, 5.74) is -3.61. The highest BCUT2D eigenvalue weighted by atomic mass is 19.4. The third-order valence-electron chi connectivity index (χ3n) is 4.06. The lowest BCUT2D eigenvalue weighted by molar-refractivity contribution is -0.264. The summed E-state index contributed by atoms with van der Waals surface area (Å²) in [6.07, 6.45) is -5.07. The quantitative estimate of drug-likeness (QED) is 0.687. The molecule has 148 valence electrons. The van der Waals surface area contributed by atoms with E-state index in [0.717, 1.165) is 12.1 Å².